The highest BCUT2D eigenvalue weighted by Gasteiger charge is 2.19. The molecule has 1 N–H and O–H groups in total. The Morgan fingerprint density at radius 2 is 2.29 bits per heavy atom. The third-order valence-corrected chi connectivity index (χ3v) is 3.49. The molecular formula is C13H18N4. The van der Waals surface area contributed by atoms with E-state index < -0.39 is 0 Å². The number of benzene rings is 1. The molecule has 2 heterocycles. The van der Waals surface area contributed by atoms with E-state index in [4.69, 9.17) is 0 Å². The molecule has 1 aromatic rings. The predicted octanol–water partition coefficient (Wildman–Crippen LogP) is 2.50. The molecule has 4 nitrogen and oxygen atoms in total. The van der Waals surface area contributed by atoms with Gasteiger partial charge in [0.15, 0.2) is 0 Å². The van der Waals surface area contributed by atoms with Gasteiger partial charge in [-0.2, -0.15) is 0 Å². The fourth-order valence-corrected chi connectivity index (χ4v) is 2.56. The van der Waals surface area contributed by atoms with E-state index in [1.165, 1.54) is 24.9 Å². The maximum atomic E-state index is 4.30. The van der Waals surface area contributed by atoms with Gasteiger partial charge in [0, 0.05) is 12.1 Å². The van der Waals surface area contributed by atoms with Crippen molar-refractivity contribution in [3.63, 3.8) is 0 Å². The zero-order valence-corrected chi connectivity index (χ0v) is 9.97. The molecule has 1 fully saturated rings. The van der Waals surface area contributed by atoms with Gasteiger partial charge in [-0.15, -0.1) is 5.11 Å². The van der Waals surface area contributed by atoms with E-state index in [9.17, 15) is 0 Å². The molecule has 2 aliphatic rings. The van der Waals surface area contributed by atoms with Crippen molar-refractivity contribution in [1.29, 1.82) is 0 Å². The van der Waals surface area contributed by atoms with E-state index in [-0.39, 0.29) is 0 Å². The Morgan fingerprint density at radius 1 is 1.35 bits per heavy atom. The molecule has 4 heteroatoms. The van der Waals surface area contributed by atoms with Gasteiger partial charge < -0.3 is 5.32 Å². The molecule has 1 saturated heterocycles. The van der Waals surface area contributed by atoms with E-state index in [0.717, 1.165) is 25.3 Å². The summed E-state index contributed by atoms with van der Waals surface area (Å²) >= 11 is 0. The van der Waals surface area contributed by atoms with Crippen molar-refractivity contribution >= 4 is 5.69 Å². The van der Waals surface area contributed by atoms with Crippen LogP contribution in [0.25, 0.3) is 0 Å². The summed E-state index contributed by atoms with van der Waals surface area (Å²) in [5.74, 6) is 0.716. The summed E-state index contributed by atoms with van der Waals surface area (Å²) in [5, 5.41) is 14.1. The van der Waals surface area contributed by atoms with Crippen LogP contribution in [0.2, 0.25) is 0 Å². The molecule has 0 amide bonds. The summed E-state index contributed by atoms with van der Waals surface area (Å²) in [6.07, 6.45) is 2.59. The molecule has 0 radical (unpaired) electrons. The van der Waals surface area contributed by atoms with Crippen LogP contribution in [0.5, 0.6) is 0 Å². The molecule has 0 aromatic heterocycles. The second kappa shape index (κ2) is 4.84. The third-order valence-electron chi connectivity index (χ3n) is 3.49. The fraction of sp³-hybridized carbons (Fsp3) is 0.538. The Bertz CT molecular complexity index is 410. The largest absolute Gasteiger partial charge is 0.316 e. The van der Waals surface area contributed by atoms with E-state index in [0.29, 0.717) is 5.92 Å². The lowest BCUT2D eigenvalue weighted by atomic mass is 9.99. The monoisotopic (exact) mass is 230 g/mol. The van der Waals surface area contributed by atoms with Crippen molar-refractivity contribution < 1.29 is 0 Å². The lowest BCUT2D eigenvalue weighted by Gasteiger charge is -2.29. The first-order valence-corrected chi connectivity index (χ1v) is 6.37. The Kier molecular flexibility index (Phi) is 3.05. The van der Waals surface area contributed by atoms with E-state index in [2.05, 4.69) is 32.8 Å². The van der Waals surface area contributed by atoms with Crippen LogP contribution < -0.4 is 5.32 Å². The normalized spacial score (nSPS) is 23.5. The predicted molar refractivity (Wildman–Crippen MR) is 67.0 cm³/mol. The quantitative estimate of drug-likeness (QED) is 0.848. The summed E-state index contributed by atoms with van der Waals surface area (Å²) in [7, 11) is 0. The van der Waals surface area contributed by atoms with Crippen LogP contribution in [0.3, 0.4) is 0 Å². The van der Waals surface area contributed by atoms with E-state index in [1.807, 2.05) is 12.1 Å². The van der Waals surface area contributed by atoms with Gasteiger partial charge in [0.2, 0.25) is 0 Å². The Morgan fingerprint density at radius 3 is 3.18 bits per heavy atom. The second-order valence-corrected chi connectivity index (χ2v) is 4.88. The zero-order valence-electron chi connectivity index (χ0n) is 9.97. The highest BCUT2D eigenvalue weighted by molar-refractivity contribution is 5.45. The number of hydrogen-bond donors (Lipinski definition) is 1. The minimum Gasteiger partial charge on any atom is -0.316 e. The summed E-state index contributed by atoms with van der Waals surface area (Å²) in [5.41, 5.74) is 2.30. The minimum atomic E-state index is 0.716. The molecule has 0 saturated carbocycles. The van der Waals surface area contributed by atoms with Crippen LogP contribution in [0.4, 0.5) is 5.69 Å². The van der Waals surface area contributed by atoms with Gasteiger partial charge in [0.25, 0.3) is 0 Å². The van der Waals surface area contributed by atoms with Crippen LogP contribution in [-0.4, -0.2) is 24.6 Å². The van der Waals surface area contributed by atoms with Crippen molar-refractivity contribution in [1.82, 2.24) is 10.3 Å². The van der Waals surface area contributed by atoms with Crippen molar-refractivity contribution in [2.45, 2.75) is 19.4 Å². The van der Waals surface area contributed by atoms with Crippen molar-refractivity contribution in [3.05, 3.63) is 29.8 Å². The number of nitrogens with one attached hydrogen (secondary N) is 1. The van der Waals surface area contributed by atoms with Gasteiger partial charge in [0.1, 0.15) is 0 Å². The van der Waals surface area contributed by atoms with Crippen LogP contribution >= 0.6 is 0 Å². The van der Waals surface area contributed by atoms with Gasteiger partial charge in [-0.3, -0.25) is 5.01 Å². The van der Waals surface area contributed by atoms with Crippen LogP contribution in [0.15, 0.2) is 34.6 Å². The van der Waals surface area contributed by atoms with Crippen LogP contribution in [0, 0.1) is 5.92 Å². The number of hydrogen-bond acceptors (Lipinski definition) is 4. The van der Waals surface area contributed by atoms with Crippen LogP contribution in [-0.2, 0) is 6.54 Å². The number of fused-ring (bicyclic) bond motifs is 1. The van der Waals surface area contributed by atoms with Gasteiger partial charge in [-0.25, -0.2) is 0 Å². The van der Waals surface area contributed by atoms with E-state index in [1.54, 1.807) is 0 Å². The first kappa shape index (κ1) is 10.7. The standard InChI is InChI=1S/C13H18N4/c1-2-6-13-12(5-1)10-17(16-15-13)9-11-4-3-7-14-8-11/h1-2,5-6,11,14H,3-4,7-10H2/t11-/m0/s1. The summed E-state index contributed by atoms with van der Waals surface area (Å²) in [6.45, 7) is 4.20. The van der Waals surface area contributed by atoms with Crippen molar-refractivity contribution in [3.8, 4) is 0 Å². The number of nitrogens with zero attached hydrogens (tertiary/aromatic N) is 3. The van der Waals surface area contributed by atoms with Gasteiger partial charge in [0.05, 0.1) is 12.2 Å². The third kappa shape index (κ3) is 2.47. The maximum Gasteiger partial charge on any atom is 0.0924 e. The summed E-state index contributed by atoms with van der Waals surface area (Å²) in [6, 6.07) is 8.25. The number of piperidine rings is 1. The molecule has 90 valence electrons. The van der Waals surface area contributed by atoms with Crippen LogP contribution in [0.1, 0.15) is 18.4 Å². The van der Waals surface area contributed by atoms with Gasteiger partial charge in [-0.1, -0.05) is 23.4 Å². The lowest BCUT2D eigenvalue weighted by molar-refractivity contribution is 0.192. The molecule has 2 aliphatic heterocycles. The Balaban J connectivity index is 1.64. The molecule has 3 rings (SSSR count). The molecular weight excluding hydrogens is 212 g/mol. The molecule has 17 heavy (non-hydrogen) atoms. The fourth-order valence-electron chi connectivity index (χ4n) is 2.56. The van der Waals surface area contributed by atoms with Gasteiger partial charge in [-0.05, 0) is 37.9 Å². The average molecular weight is 230 g/mol. The highest BCUT2D eigenvalue weighted by atomic mass is 15.5. The van der Waals surface area contributed by atoms with Crippen molar-refractivity contribution in [2.24, 2.45) is 16.3 Å². The minimum absolute atomic E-state index is 0.716. The molecule has 0 spiro atoms. The Labute approximate surface area is 102 Å². The molecule has 1 aromatic carbocycles. The smallest absolute Gasteiger partial charge is 0.0924 e. The average Bonchev–Trinajstić information content (AvgIpc) is 2.40. The van der Waals surface area contributed by atoms with Gasteiger partial charge >= 0.3 is 0 Å². The second-order valence-electron chi connectivity index (χ2n) is 4.88. The van der Waals surface area contributed by atoms with E-state index >= 15 is 0 Å². The first-order chi connectivity index (χ1) is 8.42. The lowest BCUT2D eigenvalue weighted by Crippen LogP contribution is -2.36. The maximum absolute atomic E-state index is 4.30. The summed E-state index contributed by atoms with van der Waals surface area (Å²) < 4.78 is 0. The molecule has 0 unspecified atom stereocenters. The molecule has 0 bridgehead atoms. The SMILES string of the molecule is c1ccc2c(c1)CN(C[C@H]1CCCNC1)N=N2. The first-order valence-electron chi connectivity index (χ1n) is 6.37. The topological polar surface area (TPSA) is 40.0 Å². The zero-order chi connectivity index (χ0) is 11.5. The summed E-state index contributed by atoms with van der Waals surface area (Å²) in [4.78, 5) is 0. The highest BCUT2D eigenvalue weighted by Crippen LogP contribution is 2.26. The molecule has 0 aliphatic carbocycles. The molecule has 1 atom stereocenters. The Hall–Kier alpha value is -1.42. The van der Waals surface area contributed by atoms with Crippen molar-refractivity contribution in [2.75, 3.05) is 19.6 Å². The number of rotatable bonds is 2.